The van der Waals surface area contributed by atoms with Gasteiger partial charge in [0.2, 0.25) is 11.8 Å². The van der Waals surface area contributed by atoms with Crippen LogP contribution in [0.3, 0.4) is 0 Å². The Kier molecular flexibility index (Phi) is 13.1. The first-order chi connectivity index (χ1) is 20.8. The van der Waals surface area contributed by atoms with Crippen LogP contribution in [0.4, 0.5) is 4.79 Å². The van der Waals surface area contributed by atoms with E-state index in [1.807, 2.05) is 30.3 Å². The minimum atomic E-state index is -1.02. The number of benzene rings is 1. The molecule has 4 atom stereocenters. The van der Waals surface area contributed by atoms with Crippen molar-refractivity contribution in [3.8, 4) is 0 Å². The van der Waals surface area contributed by atoms with Crippen LogP contribution in [-0.4, -0.2) is 82.9 Å². The molecule has 0 radical (unpaired) electrons. The number of aliphatic hydroxyl groups is 2. The highest BCUT2D eigenvalue weighted by atomic mass is 16.3. The van der Waals surface area contributed by atoms with E-state index in [9.17, 15) is 24.6 Å². The summed E-state index contributed by atoms with van der Waals surface area (Å²) < 4.78 is 0. The van der Waals surface area contributed by atoms with Crippen molar-refractivity contribution in [2.75, 3.05) is 19.6 Å². The summed E-state index contributed by atoms with van der Waals surface area (Å²) >= 11 is 0. The number of hydrogen-bond donors (Lipinski definition) is 6. The lowest BCUT2D eigenvalue weighted by Gasteiger charge is -2.34. The van der Waals surface area contributed by atoms with E-state index >= 15 is 0 Å². The molecular formula is C33H53N5O5. The molecule has 1 aromatic rings. The van der Waals surface area contributed by atoms with Crippen molar-refractivity contribution in [3.05, 3.63) is 35.9 Å². The molecule has 10 heteroatoms. The number of urea groups is 1. The van der Waals surface area contributed by atoms with Crippen LogP contribution in [0.15, 0.2) is 30.3 Å². The smallest absolute Gasteiger partial charge is 0.318 e. The fraction of sp³-hybridized carbons (Fsp3) is 0.727. The molecule has 10 nitrogen and oxygen atoms in total. The molecule has 0 unspecified atom stereocenters. The Morgan fingerprint density at radius 2 is 1.53 bits per heavy atom. The summed E-state index contributed by atoms with van der Waals surface area (Å²) in [6, 6.07) is 8.00. The summed E-state index contributed by atoms with van der Waals surface area (Å²) in [5, 5.41) is 30.8. The molecule has 2 aliphatic carbocycles. The number of hydrogen-bond acceptors (Lipinski definition) is 6. The highest BCUT2D eigenvalue weighted by molar-refractivity contribution is 5.87. The molecule has 3 fully saturated rings. The fourth-order valence-electron chi connectivity index (χ4n) is 6.98. The van der Waals surface area contributed by atoms with Crippen LogP contribution in [0.25, 0.3) is 0 Å². The van der Waals surface area contributed by atoms with Gasteiger partial charge in [0.05, 0.1) is 12.1 Å². The van der Waals surface area contributed by atoms with Gasteiger partial charge in [0.25, 0.3) is 0 Å². The Morgan fingerprint density at radius 1 is 0.884 bits per heavy atom. The average Bonchev–Trinajstić information content (AvgIpc) is 3.56. The number of rotatable bonds is 13. The predicted molar refractivity (Wildman–Crippen MR) is 166 cm³/mol. The Balaban J connectivity index is 1.31. The van der Waals surface area contributed by atoms with Crippen molar-refractivity contribution in [2.45, 2.75) is 120 Å². The summed E-state index contributed by atoms with van der Waals surface area (Å²) in [6.07, 6.45) is 10.2. The molecule has 1 aliphatic heterocycles. The molecule has 1 saturated heterocycles. The largest absolute Gasteiger partial charge is 0.390 e. The molecule has 2 saturated carbocycles. The molecule has 4 rings (SSSR count). The zero-order valence-corrected chi connectivity index (χ0v) is 25.6. The van der Waals surface area contributed by atoms with E-state index in [0.717, 1.165) is 69.8 Å². The number of carbonyl (C=O) groups excluding carboxylic acids is 3. The zero-order valence-electron chi connectivity index (χ0n) is 25.6. The molecule has 43 heavy (non-hydrogen) atoms. The van der Waals surface area contributed by atoms with Gasteiger partial charge in [-0.25, -0.2) is 4.79 Å². The Labute approximate surface area is 256 Å². The van der Waals surface area contributed by atoms with Gasteiger partial charge in [-0.3, -0.25) is 9.59 Å². The minimum Gasteiger partial charge on any atom is -0.390 e. The van der Waals surface area contributed by atoms with Gasteiger partial charge >= 0.3 is 6.03 Å². The van der Waals surface area contributed by atoms with E-state index in [4.69, 9.17) is 5.73 Å². The van der Waals surface area contributed by atoms with E-state index < -0.39 is 24.3 Å². The number of carbonyl (C=O) groups is 3. The third-order valence-electron chi connectivity index (χ3n) is 9.68. The molecule has 0 spiro atoms. The van der Waals surface area contributed by atoms with Gasteiger partial charge in [0.15, 0.2) is 0 Å². The molecule has 240 valence electrons. The van der Waals surface area contributed by atoms with Crippen LogP contribution < -0.4 is 21.7 Å². The summed E-state index contributed by atoms with van der Waals surface area (Å²) in [6.45, 7) is 1.20. The van der Waals surface area contributed by atoms with E-state index in [-0.39, 0.29) is 42.8 Å². The maximum atomic E-state index is 13.3. The predicted octanol–water partition coefficient (Wildman–Crippen LogP) is 2.60. The quantitative estimate of drug-likeness (QED) is 0.205. The SMILES string of the molecule is NC1CCN(C(=O)N[C@@H](Cc2ccccc2)C(=O)NCCC(=O)N[C@@H](CC2CCCCC2)[C@@H](O)[C@@H](O)C2CCCC2)CC1. The normalized spacial score (nSPS) is 21.5. The lowest BCUT2D eigenvalue weighted by molar-refractivity contribution is -0.125. The summed E-state index contributed by atoms with van der Waals surface area (Å²) in [5.41, 5.74) is 6.90. The Hall–Kier alpha value is -2.69. The standard InChI is InChI=1S/C33H53N5O5/c34-26-16-19-38(20-17-26)33(43)37-28(22-24-11-5-2-6-12-24)32(42)35-18-15-29(39)36-27(21-23-9-3-1-4-10-23)31(41)30(40)25-13-7-8-14-25/h2,5-6,11-12,23,25-28,30-31,40-41H,1,3-4,7-10,13-22,34H2,(H,35,42)(H,36,39)(H,37,43)/t27-,28-,30-,31+/m0/s1. The van der Waals surface area contributed by atoms with Crippen LogP contribution >= 0.6 is 0 Å². The van der Waals surface area contributed by atoms with Crippen LogP contribution in [0.2, 0.25) is 0 Å². The van der Waals surface area contributed by atoms with Gasteiger partial charge in [-0.2, -0.15) is 0 Å². The summed E-state index contributed by atoms with van der Waals surface area (Å²) in [4.78, 5) is 41.0. The number of amides is 4. The van der Waals surface area contributed by atoms with E-state index in [0.29, 0.717) is 31.8 Å². The van der Waals surface area contributed by atoms with E-state index in [2.05, 4.69) is 16.0 Å². The number of aliphatic hydroxyl groups excluding tert-OH is 2. The first kappa shape index (κ1) is 33.2. The number of nitrogens with one attached hydrogen (secondary N) is 3. The van der Waals surface area contributed by atoms with Crippen molar-refractivity contribution < 1.29 is 24.6 Å². The van der Waals surface area contributed by atoms with Gasteiger partial charge in [-0.15, -0.1) is 0 Å². The first-order valence-corrected chi connectivity index (χ1v) is 16.6. The first-order valence-electron chi connectivity index (χ1n) is 16.6. The molecule has 0 aromatic heterocycles. The summed E-state index contributed by atoms with van der Waals surface area (Å²) in [5.74, 6) is -0.137. The molecule has 0 bridgehead atoms. The lowest BCUT2D eigenvalue weighted by Crippen LogP contribution is -2.54. The summed E-state index contributed by atoms with van der Waals surface area (Å²) in [7, 11) is 0. The van der Waals surface area contributed by atoms with Crippen LogP contribution in [0.1, 0.15) is 89.0 Å². The van der Waals surface area contributed by atoms with E-state index in [1.54, 1.807) is 4.90 Å². The second-order valence-corrected chi connectivity index (χ2v) is 13.0. The molecule has 1 heterocycles. The van der Waals surface area contributed by atoms with Gasteiger partial charge in [0.1, 0.15) is 12.1 Å². The Morgan fingerprint density at radius 3 is 2.21 bits per heavy atom. The highest BCUT2D eigenvalue weighted by Crippen LogP contribution is 2.32. The van der Waals surface area contributed by atoms with Crippen molar-refractivity contribution in [3.63, 3.8) is 0 Å². The number of nitrogens with zero attached hydrogens (tertiary/aromatic N) is 1. The third-order valence-corrected chi connectivity index (χ3v) is 9.68. The number of likely N-dealkylation sites (tertiary alicyclic amines) is 1. The van der Waals surface area contributed by atoms with Crippen LogP contribution in [-0.2, 0) is 16.0 Å². The Bertz CT molecular complexity index is 1010. The number of piperidine rings is 1. The van der Waals surface area contributed by atoms with Crippen molar-refractivity contribution in [1.29, 1.82) is 0 Å². The molecule has 4 amide bonds. The monoisotopic (exact) mass is 599 g/mol. The van der Waals surface area contributed by atoms with Crippen LogP contribution in [0, 0.1) is 11.8 Å². The van der Waals surface area contributed by atoms with E-state index in [1.165, 1.54) is 6.42 Å². The molecule has 7 N–H and O–H groups in total. The van der Waals surface area contributed by atoms with Crippen LogP contribution in [0.5, 0.6) is 0 Å². The number of nitrogens with two attached hydrogens (primary N) is 1. The second-order valence-electron chi connectivity index (χ2n) is 13.0. The van der Waals surface area contributed by atoms with Crippen molar-refractivity contribution in [2.24, 2.45) is 17.6 Å². The topological polar surface area (TPSA) is 157 Å². The van der Waals surface area contributed by atoms with Gasteiger partial charge < -0.3 is 36.8 Å². The maximum Gasteiger partial charge on any atom is 0.318 e. The highest BCUT2D eigenvalue weighted by Gasteiger charge is 2.36. The third kappa shape index (κ3) is 10.5. The minimum absolute atomic E-state index is 0.0369. The van der Waals surface area contributed by atoms with Crippen molar-refractivity contribution in [1.82, 2.24) is 20.9 Å². The molecule has 1 aromatic carbocycles. The van der Waals surface area contributed by atoms with Gasteiger partial charge in [-0.05, 0) is 49.5 Å². The lowest BCUT2D eigenvalue weighted by atomic mass is 9.81. The fourth-order valence-corrected chi connectivity index (χ4v) is 6.98. The van der Waals surface area contributed by atoms with Gasteiger partial charge in [0, 0.05) is 38.5 Å². The molecule has 3 aliphatic rings. The van der Waals surface area contributed by atoms with Crippen molar-refractivity contribution >= 4 is 17.8 Å². The second kappa shape index (κ2) is 17.0. The zero-order chi connectivity index (χ0) is 30.6. The maximum absolute atomic E-state index is 13.3. The molecular weight excluding hydrogens is 546 g/mol. The average molecular weight is 600 g/mol. The van der Waals surface area contributed by atoms with Gasteiger partial charge in [-0.1, -0.05) is 75.3 Å².